The lowest BCUT2D eigenvalue weighted by molar-refractivity contribution is 0.0600. The number of hydrogen-bond acceptors (Lipinski definition) is 4. The van der Waals surface area contributed by atoms with Gasteiger partial charge >= 0.3 is 5.97 Å². The third-order valence-electron chi connectivity index (χ3n) is 2.98. The van der Waals surface area contributed by atoms with Crippen molar-refractivity contribution in [3.63, 3.8) is 0 Å². The quantitative estimate of drug-likeness (QED) is 0.633. The molecular weight excluding hydrogens is 256 g/mol. The van der Waals surface area contributed by atoms with Gasteiger partial charge in [-0.3, -0.25) is 4.79 Å². The molecule has 0 aliphatic carbocycles. The van der Waals surface area contributed by atoms with Crippen LogP contribution in [0.1, 0.15) is 20.7 Å². The van der Waals surface area contributed by atoms with Gasteiger partial charge in [-0.25, -0.2) is 4.79 Å². The number of carbonyl (C=O) groups excluding carboxylic acids is 2. The van der Waals surface area contributed by atoms with Crippen LogP contribution in [-0.4, -0.2) is 26.5 Å². The minimum atomic E-state index is -0.375. The zero-order valence-electron chi connectivity index (χ0n) is 11.3. The Kier molecular flexibility index (Phi) is 4.15. The Morgan fingerprint density at radius 1 is 1.05 bits per heavy atom. The molecule has 0 saturated heterocycles. The molecule has 0 unspecified atom stereocenters. The molecule has 0 aromatic heterocycles. The Hall–Kier alpha value is -2.62. The highest BCUT2D eigenvalue weighted by Gasteiger charge is 2.09. The molecule has 0 radical (unpaired) electrons. The van der Waals surface area contributed by atoms with E-state index in [0.29, 0.717) is 16.9 Å². The van der Waals surface area contributed by atoms with Gasteiger partial charge in [-0.15, -0.1) is 0 Å². The highest BCUT2D eigenvalue weighted by atomic mass is 16.5. The first-order chi connectivity index (χ1) is 9.69. The van der Waals surface area contributed by atoms with E-state index in [1.54, 1.807) is 31.4 Å². The van der Waals surface area contributed by atoms with Crippen molar-refractivity contribution in [1.82, 2.24) is 0 Å². The van der Waals surface area contributed by atoms with Crippen molar-refractivity contribution in [2.75, 3.05) is 14.2 Å². The van der Waals surface area contributed by atoms with Crippen LogP contribution in [0, 0.1) is 0 Å². The van der Waals surface area contributed by atoms with E-state index < -0.39 is 0 Å². The topological polar surface area (TPSA) is 52.6 Å². The second-order valence-corrected chi connectivity index (χ2v) is 4.15. The molecule has 0 atom stereocenters. The van der Waals surface area contributed by atoms with E-state index in [0.717, 1.165) is 17.4 Å². The molecule has 2 rings (SSSR count). The first-order valence-electron chi connectivity index (χ1n) is 6.01. The van der Waals surface area contributed by atoms with E-state index in [-0.39, 0.29) is 5.97 Å². The highest BCUT2D eigenvalue weighted by Crippen LogP contribution is 2.30. The van der Waals surface area contributed by atoms with Crippen LogP contribution in [0.2, 0.25) is 0 Å². The molecule has 0 heterocycles. The second-order valence-electron chi connectivity index (χ2n) is 4.15. The summed E-state index contributed by atoms with van der Waals surface area (Å²) in [6.07, 6.45) is 0.770. The van der Waals surface area contributed by atoms with Gasteiger partial charge in [0.1, 0.15) is 12.0 Å². The Morgan fingerprint density at radius 2 is 1.75 bits per heavy atom. The Bertz CT molecular complexity index is 629. The molecule has 2 aromatic rings. The van der Waals surface area contributed by atoms with E-state index in [4.69, 9.17) is 4.74 Å². The van der Waals surface area contributed by atoms with Crippen molar-refractivity contribution >= 4 is 12.3 Å². The second kappa shape index (κ2) is 6.02. The van der Waals surface area contributed by atoms with Gasteiger partial charge in [0.05, 0.1) is 19.8 Å². The van der Waals surface area contributed by atoms with E-state index in [1.807, 2.05) is 18.2 Å². The average Bonchev–Trinajstić information content (AvgIpc) is 2.53. The Labute approximate surface area is 116 Å². The Balaban J connectivity index is 2.41. The van der Waals surface area contributed by atoms with Crippen molar-refractivity contribution in [3.05, 3.63) is 53.6 Å². The van der Waals surface area contributed by atoms with Crippen molar-refractivity contribution in [2.24, 2.45) is 0 Å². The lowest BCUT2D eigenvalue weighted by Crippen LogP contribution is -2.00. The van der Waals surface area contributed by atoms with Gasteiger partial charge in [0.15, 0.2) is 0 Å². The van der Waals surface area contributed by atoms with Gasteiger partial charge in [0.2, 0.25) is 0 Å². The summed E-state index contributed by atoms with van der Waals surface area (Å²) in [5.41, 5.74) is 2.79. The zero-order chi connectivity index (χ0) is 14.5. The fourth-order valence-corrected chi connectivity index (χ4v) is 1.92. The fraction of sp³-hybridized carbons (Fsp3) is 0.125. The fourth-order valence-electron chi connectivity index (χ4n) is 1.92. The molecule has 0 bridgehead atoms. The molecule has 4 nitrogen and oxygen atoms in total. The number of ether oxygens (including phenoxy) is 2. The van der Waals surface area contributed by atoms with Gasteiger partial charge in [0.25, 0.3) is 0 Å². The number of esters is 1. The summed E-state index contributed by atoms with van der Waals surface area (Å²) in [6, 6.07) is 12.2. The first kappa shape index (κ1) is 13.8. The van der Waals surface area contributed by atoms with Crippen LogP contribution in [0.5, 0.6) is 5.75 Å². The van der Waals surface area contributed by atoms with Gasteiger partial charge in [0, 0.05) is 11.1 Å². The maximum atomic E-state index is 11.4. The lowest BCUT2D eigenvalue weighted by Gasteiger charge is -2.09. The minimum absolute atomic E-state index is 0.375. The zero-order valence-corrected chi connectivity index (χ0v) is 11.3. The number of aldehydes is 1. The monoisotopic (exact) mass is 270 g/mol. The van der Waals surface area contributed by atoms with E-state index >= 15 is 0 Å². The highest BCUT2D eigenvalue weighted by molar-refractivity contribution is 5.90. The van der Waals surface area contributed by atoms with E-state index in [2.05, 4.69) is 4.74 Å². The minimum Gasteiger partial charge on any atom is -0.496 e. The Morgan fingerprint density at radius 3 is 2.30 bits per heavy atom. The smallest absolute Gasteiger partial charge is 0.337 e. The summed E-state index contributed by atoms with van der Waals surface area (Å²) in [5, 5.41) is 0. The molecule has 102 valence electrons. The summed E-state index contributed by atoms with van der Waals surface area (Å²) in [5.74, 6) is 0.236. The maximum absolute atomic E-state index is 11.4. The summed E-state index contributed by atoms with van der Waals surface area (Å²) in [6.45, 7) is 0. The number of carbonyl (C=O) groups is 2. The molecule has 0 amide bonds. The van der Waals surface area contributed by atoms with Crippen molar-refractivity contribution in [3.8, 4) is 16.9 Å². The summed E-state index contributed by atoms with van der Waals surface area (Å²) in [4.78, 5) is 22.2. The van der Waals surface area contributed by atoms with Gasteiger partial charge in [-0.1, -0.05) is 18.2 Å². The van der Waals surface area contributed by atoms with Crippen molar-refractivity contribution in [1.29, 1.82) is 0 Å². The van der Waals surface area contributed by atoms with E-state index in [9.17, 15) is 9.59 Å². The van der Waals surface area contributed by atoms with E-state index in [1.165, 1.54) is 7.11 Å². The molecule has 0 N–H and O–H groups in total. The number of hydrogen-bond donors (Lipinski definition) is 0. The number of rotatable bonds is 4. The van der Waals surface area contributed by atoms with Gasteiger partial charge in [-0.05, 0) is 29.8 Å². The predicted octanol–water partition coefficient (Wildman–Crippen LogP) is 2.96. The standard InChI is InChI=1S/C16H14O4/c1-19-15-9-11(10-17)3-8-14(15)12-4-6-13(7-5-12)16(18)20-2/h3-10H,1-2H3. The molecule has 0 spiro atoms. The molecule has 0 aliphatic heterocycles. The molecular formula is C16H14O4. The summed E-state index contributed by atoms with van der Waals surface area (Å²) >= 11 is 0. The van der Waals surface area contributed by atoms with Gasteiger partial charge in [-0.2, -0.15) is 0 Å². The molecule has 20 heavy (non-hydrogen) atoms. The number of benzene rings is 2. The largest absolute Gasteiger partial charge is 0.496 e. The van der Waals surface area contributed by atoms with Crippen LogP contribution in [0.15, 0.2) is 42.5 Å². The van der Waals surface area contributed by atoms with Crippen LogP contribution in [-0.2, 0) is 4.74 Å². The van der Waals surface area contributed by atoms with Crippen LogP contribution in [0.3, 0.4) is 0 Å². The summed E-state index contributed by atoms with van der Waals surface area (Å²) in [7, 11) is 2.90. The predicted molar refractivity (Wildman–Crippen MR) is 75.2 cm³/mol. The molecule has 0 saturated carbocycles. The molecule has 2 aromatic carbocycles. The molecule has 0 fully saturated rings. The third-order valence-corrected chi connectivity index (χ3v) is 2.98. The van der Waals surface area contributed by atoms with Crippen LogP contribution in [0.4, 0.5) is 0 Å². The lowest BCUT2D eigenvalue weighted by atomic mass is 10.0. The van der Waals surface area contributed by atoms with Crippen LogP contribution >= 0.6 is 0 Å². The van der Waals surface area contributed by atoms with Crippen molar-refractivity contribution < 1.29 is 19.1 Å². The first-order valence-corrected chi connectivity index (χ1v) is 6.01. The SMILES string of the molecule is COC(=O)c1ccc(-c2ccc(C=O)cc2OC)cc1. The molecule has 4 heteroatoms. The normalized spacial score (nSPS) is 9.90. The average molecular weight is 270 g/mol. The summed E-state index contributed by atoms with van der Waals surface area (Å²) < 4.78 is 9.95. The maximum Gasteiger partial charge on any atom is 0.337 e. The van der Waals surface area contributed by atoms with Crippen LogP contribution in [0.25, 0.3) is 11.1 Å². The van der Waals surface area contributed by atoms with Crippen LogP contribution < -0.4 is 4.74 Å². The molecule has 0 aliphatic rings. The van der Waals surface area contributed by atoms with Gasteiger partial charge < -0.3 is 9.47 Å². The third kappa shape index (κ3) is 2.69. The van der Waals surface area contributed by atoms with Crippen molar-refractivity contribution in [2.45, 2.75) is 0 Å². The number of methoxy groups -OCH3 is 2.